The summed E-state index contributed by atoms with van der Waals surface area (Å²) in [5.41, 5.74) is 22.0. The van der Waals surface area contributed by atoms with Crippen LogP contribution in [0.15, 0.2) is 4.99 Å². The summed E-state index contributed by atoms with van der Waals surface area (Å²) in [6.07, 6.45) is 4.45. The van der Waals surface area contributed by atoms with Crippen LogP contribution in [-0.4, -0.2) is 84.0 Å². The molecule has 0 radical (unpaired) electrons. The molecule has 0 bridgehead atoms. The Morgan fingerprint density at radius 2 is 1.50 bits per heavy atom. The second-order valence-electron chi connectivity index (χ2n) is 7.81. The summed E-state index contributed by atoms with van der Waals surface area (Å²) in [5.74, 6) is -2.33. The molecule has 4 unspecified atom stereocenters. The molecule has 0 aromatic heterocycles. The van der Waals surface area contributed by atoms with Crippen LogP contribution in [-0.2, 0) is 19.2 Å². The van der Waals surface area contributed by atoms with Gasteiger partial charge in [-0.05, 0) is 64.0 Å². The molecule has 34 heavy (non-hydrogen) atoms. The molecule has 0 heterocycles. The Balaban J connectivity index is 5.20. The molecule has 13 nitrogen and oxygen atoms in total. The number of hydrogen-bond acceptors (Lipinski definition) is 8. The number of nitrogens with one attached hydrogen (secondary N) is 3. The van der Waals surface area contributed by atoms with E-state index in [4.69, 9.17) is 28.0 Å². The maximum absolute atomic E-state index is 13.0. The topological polar surface area (TPSA) is 241 Å². The van der Waals surface area contributed by atoms with Crippen molar-refractivity contribution in [2.75, 3.05) is 25.1 Å². The van der Waals surface area contributed by atoms with E-state index in [2.05, 4.69) is 20.9 Å². The highest BCUT2D eigenvalue weighted by Crippen LogP contribution is 2.06. The summed E-state index contributed by atoms with van der Waals surface area (Å²) in [6.45, 7) is 2.07. The number of nitrogens with zero attached hydrogens (tertiary/aromatic N) is 1. The number of unbranched alkanes of at least 4 members (excludes halogenated alkanes) is 1. The Morgan fingerprint density at radius 1 is 0.912 bits per heavy atom. The Hall–Kier alpha value is -2.58. The fourth-order valence-electron chi connectivity index (χ4n) is 2.84. The van der Waals surface area contributed by atoms with E-state index in [1.807, 2.05) is 6.26 Å². The molecular weight excluding hydrogens is 464 g/mol. The number of carbonyl (C=O) groups is 4. The van der Waals surface area contributed by atoms with Crippen molar-refractivity contribution in [2.24, 2.45) is 27.9 Å². The van der Waals surface area contributed by atoms with Crippen LogP contribution in [0.1, 0.15) is 45.4 Å². The van der Waals surface area contributed by atoms with Gasteiger partial charge in [-0.15, -0.1) is 0 Å². The van der Waals surface area contributed by atoms with Gasteiger partial charge in [-0.1, -0.05) is 0 Å². The van der Waals surface area contributed by atoms with Crippen molar-refractivity contribution in [1.82, 2.24) is 16.0 Å². The van der Waals surface area contributed by atoms with Crippen molar-refractivity contribution >= 4 is 41.4 Å². The Labute approximate surface area is 204 Å². The van der Waals surface area contributed by atoms with E-state index >= 15 is 0 Å². The molecule has 0 aromatic carbocycles. The zero-order valence-electron chi connectivity index (χ0n) is 19.9. The van der Waals surface area contributed by atoms with Gasteiger partial charge in [0.2, 0.25) is 17.7 Å². The Morgan fingerprint density at radius 3 is 2.06 bits per heavy atom. The van der Waals surface area contributed by atoms with Gasteiger partial charge in [0.05, 0.1) is 6.04 Å². The summed E-state index contributed by atoms with van der Waals surface area (Å²) >= 11 is 1.50. The van der Waals surface area contributed by atoms with E-state index in [1.165, 1.54) is 18.7 Å². The Kier molecular flexibility index (Phi) is 16.5. The van der Waals surface area contributed by atoms with Crippen LogP contribution in [0.25, 0.3) is 0 Å². The monoisotopic (exact) mass is 504 g/mol. The minimum atomic E-state index is -1.20. The van der Waals surface area contributed by atoms with Gasteiger partial charge in [0, 0.05) is 6.54 Å². The molecule has 0 aliphatic rings. The largest absolute Gasteiger partial charge is 0.480 e. The van der Waals surface area contributed by atoms with Crippen molar-refractivity contribution in [2.45, 2.75) is 69.6 Å². The maximum Gasteiger partial charge on any atom is 0.325 e. The van der Waals surface area contributed by atoms with Crippen molar-refractivity contribution < 1.29 is 24.3 Å². The van der Waals surface area contributed by atoms with E-state index < -0.39 is 47.9 Å². The summed E-state index contributed by atoms with van der Waals surface area (Å²) in [6, 6.07) is -3.86. The smallest absolute Gasteiger partial charge is 0.325 e. The van der Waals surface area contributed by atoms with Crippen LogP contribution < -0.4 is 38.9 Å². The van der Waals surface area contributed by atoms with E-state index in [1.54, 1.807) is 0 Å². The number of thioether (sulfide) groups is 1. The van der Waals surface area contributed by atoms with Crippen LogP contribution in [0.2, 0.25) is 0 Å². The zero-order chi connectivity index (χ0) is 26.1. The van der Waals surface area contributed by atoms with Crippen LogP contribution >= 0.6 is 11.8 Å². The molecule has 0 fully saturated rings. The standard InChI is InChI=1S/C20H40N8O5S/c1-12(19(32)33)26-17(30)14(7-3-4-9-21)28-18(31)15(8-11-34-2)27-16(29)13(22)6-5-10-25-20(23)24/h12-15H,3-11,21-22H2,1-2H3,(H,26,30)(H,27,29)(H,28,31)(H,32,33)(H4,23,24,25). The van der Waals surface area contributed by atoms with E-state index in [9.17, 15) is 19.2 Å². The molecule has 4 atom stereocenters. The average Bonchev–Trinajstić information content (AvgIpc) is 2.77. The van der Waals surface area contributed by atoms with Gasteiger partial charge < -0.3 is 44.0 Å². The lowest BCUT2D eigenvalue weighted by molar-refractivity contribution is -0.141. The lowest BCUT2D eigenvalue weighted by Gasteiger charge is -2.24. The zero-order valence-corrected chi connectivity index (χ0v) is 20.7. The highest BCUT2D eigenvalue weighted by molar-refractivity contribution is 7.98. The number of nitrogens with two attached hydrogens (primary N) is 4. The third kappa shape index (κ3) is 13.9. The van der Waals surface area contributed by atoms with Crippen molar-refractivity contribution in [3.05, 3.63) is 0 Å². The number of carboxylic acids is 1. The molecule has 0 aliphatic heterocycles. The number of amides is 3. The second kappa shape index (κ2) is 17.8. The van der Waals surface area contributed by atoms with E-state index in [-0.39, 0.29) is 12.4 Å². The quantitative estimate of drug-likeness (QED) is 0.0569. The van der Waals surface area contributed by atoms with Crippen molar-refractivity contribution in [1.29, 1.82) is 0 Å². The number of aliphatic imine (C=N–C) groups is 1. The highest BCUT2D eigenvalue weighted by Gasteiger charge is 2.29. The normalized spacial score (nSPS) is 14.2. The number of rotatable bonds is 18. The molecule has 0 saturated heterocycles. The highest BCUT2D eigenvalue weighted by atomic mass is 32.2. The molecule has 0 rings (SSSR count). The minimum Gasteiger partial charge on any atom is -0.480 e. The van der Waals surface area contributed by atoms with Crippen molar-refractivity contribution in [3.8, 4) is 0 Å². The molecule has 14 heteroatoms. The summed E-state index contributed by atoms with van der Waals surface area (Å²) < 4.78 is 0. The van der Waals surface area contributed by atoms with Crippen LogP contribution in [0.5, 0.6) is 0 Å². The number of aliphatic carboxylic acids is 1. The first-order valence-electron chi connectivity index (χ1n) is 11.2. The van der Waals surface area contributed by atoms with E-state index in [0.717, 1.165) is 0 Å². The number of carboxylic acid groups (broad SMARTS) is 1. The molecule has 12 N–H and O–H groups in total. The molecule has 196 valence electrons. The lowest BCUT2D eigenvalue weighted by atomic mass is 10.1. The molecular formula is C20H40N8O5S. The third-order valence-electron chi connectivity index (χ3n) is 4.86. The number of carbonyl (C=O) groups excluding carboxylic acids is 3. The van der Waals surface area contributed by atoms with Gasteiger partial charge in [-0.25, -0.2) is 0 Å². The maximum atomic E-state index is 13.0. The molecule has 0 saturated carbocycles. The summed E-state index contributed by atoms with van der Waals surface area (Å²) in [4.78, 5) is 53.0. The summed E-state index contributed by atoms with van der Waals surface area (Å²) in [7, 11) is 0. The van der Waals surface area contributed by atoms with Gasteiger partial charge >= 0.3 is 5.97 Å². The van der Waals surface area contributed by atoms with Gasteiger partial charge in [-0.3, -0.25) is 24.2 Å². The first-order valence-corrected chi connectivity index (χ1v) is 12.6. The fourth-order valence-corrected chi connectivity index (χ4v) is 3.31. The van der Waals surface area contributed by atoms with E-state index in [0.29, 0.717) is 50.9 Å². The predicted octanol–water partition coefficient (Wildman–Crippen LogP) is -2.19. The number of hydrogen-bond donors (Lipinski definition) is 8. The van der Waals surface area contributed by atoms with Gasteiger partial charge in [0.15, 0.2) is 5.96 Å². The van der Waals surface area contributed by atoms with Crippen LogP contribution in [0, 0.1) is 0 Å². The molecule has 0 spiro atoms. The van der Waals surface area contributed by atoms with Gasteiger partial charge in [0.1, 0.15) is 18.1 Å². The molecule has 0 aliphatic carbocycles. The average molecular weight is 505 g/mol. The molecule has 3 amide bonds. The third-order valence-corrected chi connectivity index (χ3v) is 5.50. The SMILES string of the molecule is CSCCC(NC(=O)C(N)CCCN=C(N)N)C(=O)NC(CCCCN)C(=O)NC(C)C(=O)O. The number of guanidine groups is 1. The second-order valence-corrected chi connectivity index (χ2v) is 8.80. The van der Waals surface area contributed by atoms with Gasteiger partial charge in [0.25, 0.3) is 0 Å². The first kappa shape index (κ1) is 31.4. The van der Waals surface area contributed by atoms with Gasteiger partial charge in [-0.2, -0.15) is 11.8 Å². The minimum absolute atomic E-state index is 0.0466. The van der Waals surface area contributed by atoms with Crippen LogP contribution in [0.3, 0.4) is 0 Å². The summed E-state index contributed by atoms with van der Waals surface area (Å²) in [5, 5.41) is 16.7. The van der Waals surface area contributed by atoms with Crippen LogP contribution in [0.4, 0.5) is 0 Å². The molecule has 0 aromatic rings. The Bertz CT molecular complexity index is 690. The predicted molar refractivity (Wildman–Crippen MR) is 133 cm³/mol. The van der Waals surface area contributed by atoms with Crippen molar-refractivity contribution in [3.63, 3.8) is 0 Å². The fraction of sp³-hybridized carbons (Fsp3) is 0.750. The first-order chi connectivity index (χ1) is 16.0. The lowest BCUT2D eigenvalue weighted by Crippen LogP contribution is -2.57.